The van der Waals surface area contributed by atoms with Crippen LogP contribution in [-0.2, 0) is 0 Å². The van der Waals surface area contributed by atoms with Crippen molar-refractivity contribution >= 4 is 12.1 Å². The molecular formula is C10H9FO2. The summed E-state index contributed by atoms with van der Waals surface area (Å²) in [6.45, 7) is 3.03. The number of aryl methyl sites for hydroxylation is 1. The fourth-order valence-electron chi connectivity index (χ4n) is 1.17. The second-order valence-corrected chi connectivity index (χ2v) is 2.86. The molecule has 0 spiro atoms. The predicted molar refractivity (Wildman–Crippen MR) is 46.5 cm³/mol. The first-order valence-electron chi connectivity index (χ1n) is 3.82. The lowest BCUT2D eigenvalue weighted by molar-refractivity contribution is 0.101. The van der Waals surface area contributed by atoms with Gasteiger partial charge in [0.2, 0.25) is 0 Å². The molecule has 0 amide bonds. The molecule has 1 rings (SSSR count). The maximum atomic E-state index is 13.0. The van der Waals surface area contributed by atoms with Crippen LogP contribution in [0, 0.1) is 12.7 Å². The zero-order valence-corrected chi connectivity index (χ0v) is 7.43. The summed E-state index contributed by atoms with van der Waals surface area (Å²) in [5.74, 6) is -0.848. The van der Waals surface area contributed by atoms with Crippen molar-refractivity contribution < 1.29 is 14.0 Å². The standard InChI is InChI=1S/C10H9FO2/c1-6-3-8(5-12)10(11)4-9(6)7(2)13/h3-5H,1-2H3. The summed E-state index contributed by atoms with van der Waals surface area (Å²) < 4.78 is 13.0. The van der Waals surface area contributed by atoms with Crippen LogP contribution >= 0.6 is 0 Å². The van der Waals surface area contributed by atoms with Crippen molar-refractivity contribution in [2.45, 2.75) is 13.8 Å². The molecule has 0 N–H and O–H groups in total. The van der Waals surface area contributed by atoms with Gasteiger partial charge in [0.05, 0.1) is 5.56 Å². The van der Waals surface area contributed by atoms with Crippen LogP contribution in [0.25, 0.3) is 0 Å². The van der Waals surface area contributed by atoms with Crippen LogP contribution in [0.5, 0.6) is 0 Å². The maximum absolute atomic E-state index is 13.0. The Kier molecular flexibility index (Phi) is 2.56. The fraction of sp³-hybridized carbons (Fsp3) is 0.200. The third-order valence-corrected chi connectivity index (χ3v) is 1.85. The number of Topliss-reactive ketones (excluding diaryl/α,β-unsaturated/α-hetero) is 1. The van der Waals surface area contributed by atoms with Crippen LogP contribution in [0.2, 0.25) is 0 Å². The van der Waals surface area contributed by atoms with Crippen molar-refractivity contribution in [3.63, 3.8) is 0 Å². The summed E-state index contributed by atoms with van der Waals surface area (Å²) in [5.41, 5.74) is 0.932. The van der Waals surface area contributed by atoms with E-state index in [-0.39, 0.29) is 11.3 Å². The van der Waals surface area contributed by atoms with Crippen molar-refractivity contribution in [3.8, 4) is 0 Å². The van der Waals surface area contributed by atoms with E-state index in [4.69, 9.17) is 0 Å². The Morgan fingerprint density at radius 1 is 1.46 bits per heavy atom. The minimum Gasteiger partial charge on any atom is -0.298 e. The fourth-order valence-corrected chi connectivity index (χ4v) is 1.17. The molecule has 0 radical (unpaired) electrons. The molecular weight excluding hydrogens is 171 g/mol. The Hall–Kier alpha value is -1.51. The van der Waals surface area contributed by atoms with E-state index in [1.54, 1.807) is 6.92 Å². The van der Waals surface area contributed by atoms with Gasteiger partial charge in [-0.05, 0) is 31.5 Å². The van der Waals surface area contributed by atoms with Gasteiger partial charge in [0.25, 0.3) is 0 Å². The number of benzene rings is 1. The molecule has 2 nitrogen and oxygen atoms in total. The van der Waals surface area contributed by atoms with Gasteiger partial charge in [-0.1, -0.05) is 0 Å². The molecule has 0 fully saturated rings. The van der Waals surface area contributed by atoms with E-state index in [9.17, 15) is 14.0 Å². The highest BCUT2D eigenvalue weighted by Gasteiger charge is 2.09. The highest BCUT2D eigenvalue weighted by Crippen LogP contribution is 2.14. The monoisotopic (exact) mass is 180 g/mol. The van der Waals surface area contributed by atoms with E-state index in [2.05, 4.69) is 0 Å². The summed E-state index contributed by atoms with van der Waals surface area (Å²) in [4.78, 5) is 21.3. The van der Waals surface area contributed by atoms with Crippen molar-refractivity contribution in [3.05, 3.63) is 34.6 Å². The van der Waals surface area contributed by atoms with Crippen molar-refractivity contribution in [2.75, 3.05) is 0 Å². The first kappa shape index (κ1) is 9.58. The zero-order chi connectivity index (χ0) is 10.0. The van der Waals surface area contributed by atoms with Gasteiger partial charge in [0, 0.05) is 5.56 Å². The van der Waals surface area contributed by atoms with Crippen LogP contribution in [0.4, 0.5) is 4.39 Å². The van der Waals surface area contributed by atoms with E-state index < -0.39 is 5.82 Å². The second-order valence-electron chi connectivity index (χ2n) is 2.86. The van der Waals surface area contributed by atoms with Gasteiger partial charge >= 0.3 is 0 Å². The van der Waals surface area contributed by atoms with Crippen LogP contribution in [0.15, 0.2) is 12.1 Å². The first-order valence-corrected chi connectivity index (χ1v) is 3.82. The number of carbonyl (C=O) groups excluding carboxylic acids is 2. The maximum Gasteiger partial charge on any atom is 0.160 e. The van der Waals surface area contributed by atoms with E-state index in [0.29, 0.717) is 17.4 Å². The van der Waals surface area contributed by atoms with Crippen LogP contribution in [0.1, 0.15) is 33.2 Å². The summed E-state index contributed by atoms with van der Waals surface area (Å²) in [7, 11) is 0. The Morgan fingerprint density at radius 2 is 2.08 bits per heavy atom. The number of rotatable bonds is 2. The molecule has 68 valence electrons. The molecule has 0 unspecified atom stereocenters. The molecule has 0 saturated carbocycles. The van der Waals surface area contributed by atoms with E-state index in [1.807, 2.05) is 0 Å². The highest BCUT2D eigenvalue weighted by atomic mass is 19.1. The van der Waals surface area contributed by atoms with Crippen molar-refractivity contribution in [1.82, 2.24) is 0 Å². The first-order chi connectivity index (χ1) is 6.06. The quantitative estimate of drug-likeness (QED) is 0.516. The molecule has 0 heterocycles. The van der Waals surface area contributed by atoms with Gasteiger partial charge in [0.15, 0.2) is 12.1 Å². The molecule has 0 aromatic heterocycles. The SMILES string of the molecule is CC(=O)c1cc(F)c(C=O)cc1C. The van der Waals surface area contributed by atoms with Crippen LogP contribution < -0.4 is 0 Å². The molecule has 13 heavy (non-hydrogen) atoms. The summed E-state index contributed by atoms with van der Waals surface area (Å²) in [6.07, 6.45) is 0.437. The lowest BCUT2D eigenvalue weighted by Crippen LogP contribution is -2.00. The largest absolute Gasteiger partial charge is 0.298 e. The number of halogens is 1. The molecule has 0 aliphatic heterocycles. The summed E-state index contributed by atoms with van der Waals surface area (Å²) in [5, 5.41) is 0. The lowest BCUT2D eigenvalue weighted by Gasteiger charge is -2.03. The zero-order valence-electron chi connectivity index (χ0n) is 7.43. The van der Waals surface area contributed by atoms with Crippen molar-refractivity contribution in [2.24, 2.45) is 0 Å². The van der Waals surface area contributed by atoms with Gasteiger partial charge in [-0.15, -0.1) is 0 Å². The molecule has 3 heteroatoms. The smallest absolute Gasteiger partial charge is 0.160 e. The van der Waals surface area contributed by atoms with E-state index >= 15 is 0 Å². The van der Waals surface area contributed by atoms with E-state index in [0.717, 1.165) is 6.07 Å². The second kappa shape index (κ2) is 3.47. The molecule has 0 aliphatic carbocycles. The number of hydrogen-bond donors (Lipinski definition) is 0. The minimum atomic E-state index is -0.647. The summed E-state index contributed by atoms with van der Waals surface area (Å²) >= 11 is 0. The highest BCUT2D eigenvalue weighted by molar-refractivity contribution is 5.96. The summed E-state index contributed by atoms with van der Waals surface area (Å²) in [6, 6.07) is 2.47. The van der Waals surface area contributed by atoms with Crippen LogP contribution in [-0.4, -0.2) is 12.1 Å². The Bertz CT molecular complexity index is 369. The lowest BCUT2D eigenvalue weighted by atomic mass is 10.0. The van der Waals surface area contributed by atoms with Gasteiger partial charge in [-0.2, -0.15) is 0 Å². The Morgan fingerprint density at radius 3 is 2.54 bits per heavy atom. The average Bonchev–Trinajstić information content (AvgIpc) is 2.07. The van der Waals surface area contributed by atoms with Crippen molar-refractivity contribution in [1.29, 1.82) is 0 Å². The number of ketones is 1. The molecule has 0 saturated heterocycles. The Labute approximate surface area is 75.4 Å². The van der Waals surface area contributed by atoms with Gasteiger partial charge in [-0.25, -0.2) is 4.39 Å². The average molecular weight is 180 g/mol. The molecule has 0 bridgehead atoms. The topological polar surface area (TPSA) is 34.1 Å². The Balaban J connectivity index is 3.36. The van der Waals surface area contributed by atoms with Gasteiger partial charge < -0.3 is 0 Å². The molecule has 1 aromatic carbocycles. The normalized spacial score (nSPS) is 9.77. The predicted octanol–water partition coefficient (Wildman–Crippen LogP) is 2.15. The number of hydrogen-bond acceptors (Lipinski definition) is 2. The molecule has 0 atom stereocenters. The van der Waals surface area contributed by atoms with Gasteiger partial charge in [-0.3, -0.25) is 9.59 Å². The number of carbonyl (C=O) groups is 2. The van der Waals surface area contributed by atoms with E-state index in [1.165, 1.54) is 13.0 Å². The third kappa shape index (κ3) is 1.80. The van der Waals surface area contributed by atoms with Crippen LogP contribution in [0.3, 0.4) is 0 Å². The minimum absolute atomic E-state index is 0.0116. The molecule has 0 aliphatic rings. The number of aldehydes is 1. The van der Waals surface area contributed by atoms with Gasteiger partial charge in [0.1, 0.15) is 5.82 Å². The third-order valence-electron chi connectivity index (χ3n) is 1.85. The molecule has 1 aromatic rings.